The molecule has 0 radical (unpaired) electrons. The third-order valence-electron chi connectivity index (χ3n) is 30.1. The van der Waals surface area contributed by atoms with E-state index in [1.54, 1.807) is 0 Å². The molecule has 0 aliphatic rings. The van der Waals surface area contributed by atoms with Crippen molar-refractivity contribution < 1.29 is 8.83 Å². The van der Waals surface area contributed by atoms with Crippen LogP contribution in [-0.2, 0) is 0 Å². The van der Waals surface area contributed by atoms with Crippen LogP contribution in [0.2, 0.25) is 0 Å². The lowest BCUT2D eigenvalue weighted by Crippen LogP contribution is -2.09. The number of hydrogen-bond donors (Lipinski definition) is 0. The fourth-order valence-corrected chi connectivity index (χ4v) is 22.9. The maximum atomic E-state index is 6.96. The summed E-state index contributed by atoms with van der Waals surface area (Å²) in [5.41, 5.74) is 43.9. The number of hydrogen-bond acceptors (Lipinski definition) is 4. The molecule has 0 unspecified atom stereocenters. The molecule has 28 aromatic rings. The normalized spacial score (nSPS) is 11.6. The molecule has 0 aliphatic carbocycles. The van der Waals surface area contributed by atoms with Gasteiger partial charge in [0.25, 0.3) is 0 Å². The van der Waals surface area contributed by atoms with Crippen LogP contribution in [0.3, 0.4) is 0 Å². The SMILES string of the molecule is c1ccc(-c2ccc(-c3ccc(N(c4ccc(-c5ccc(-c6cc(-c7ccc(-c8ccc(N(c9ccc(-c%10ccc(-c%11cccc%12c%11oc%11ccccc%11%12)cc%10)cc9)c9ccc(-c%10ccccc%10-c%10ccccc%10-n%10c%11ccccc%11c%11ccccc%11%10)cc9)cc8)c8ccccc78)cc7c6oc6ccccc67)cc5)cc4)c4ccc(-c5ccccc5-c5ccccc5-n5c6ccccc6c6ccccc65)cc4)cc3)cc2)cc1. The highest BCUT2D eigenvalue weighted by Gasteiger charge is 2.26. The summed E-state index contributed by atoms with van der Waals surface area (Å²) in [6, 6.07) is 204. The van der Waals surface area contributed by atoms with Gasteiger partial charge in [-0.15, -0.1) is 0 Å². The Balaban J connectivity index is 0.493. The first-order valence-electron chi connectivity index (χ1n) is 50.7. The number of nitrogens with zero attached hydrogens (tertiary/aromatic N) is 4. The predicted octanol–water partition coefficient (Wildman–Crippen LogP) is 39.8. The summed E-state index contributed by atoms with van der Waals surface area (Å²) in [6.45, 7) is 0. The zero-order chi connectivity index (χ0) is 97.6. The molecule has 24 aromatic carbocycles. The fourth-order valence-electron chi connectivity index (χ4n) is 22.9. The summed E-state index contributed by atoms with van der Waals surface area (Å²) >= 11 is 0. The van der Waals surface area contributed by atoms with Gasteiger partial charge in [-0.1, -0.05) is 425 Å². The van der Waals surface area contributed by atoms with Crippen molar-refractivity contribution in [2.75, 3.05) is 9.80 Å². The molecular formula is C142H92N4O2. The van der Waals surface area contributed by atoms with E-state index in [1.165, 1.54) is 60.3 Å². The first-order valence-corrected chi connectivity index (χ1v) is 50.7. The van der Waals surface area contributed by atoms with Crippen molar-refractivity contribution in [2.45, 2.75) is 0 Å². The van der Waals surface area contributed by atoms with Gasteiger partial charge in [0.05, 0.1) is 33.4 Å². The van der Waals surface area contributed by atoms with E-state index in [0.29, 0.717) is 0 Å². The van der Waals surface area contributed by atoms with Crippen LogP contribution >= 0.6 is 0 Å². The van der Waals surface area contributed by atoms with E-state index in [2.05, 4.69) is 565 Å². The molecule has 0 bridgehead atoms. The van der Waals surface area contributed by atoms with Crippen LogP contribution in [0.15, 0.2) is 567 Å². The number of para-hydroxylation sites is 9. The third-order valence-corrected chi connectivity index (χ3v) is 30.1. The molecule has 148 heavy (non-hydrogen) atoms. The van der Waals surface area contributed by atoms with E-state index < -0.39 is 0 Å². The molecule has 4 heterocycles. The van der Waals surface area contributed by atoms with Crippen molar-refractivity contribution >= 4 is 132 Å². The minimum Gasteiger partial charge on any atom is -0.455 e. The van der Waals surface area contributed by atoms with Gasteiger partial charge in [0, 0.05) is 99.5 Å². The lowest BCUT2D eigenvalue weighted by molar-refractivity contribution is 0.669. The van der Waals surface area contributed by atoms with Gasteiger partial charge in [0.1, 0.15) is 22.3 Å². The van der Waals surface area contributed by atoms with Gasteiger partial charge in [-0.3, -0.25) is 0 Å². The fraction of sp³-hybridized carbons (Fsp3) is 0. The van der Waals surface area contributed by atoms with E-state index in [0.717, 1.165) is 217 Å². The molecule has 6 nitrogen and oxygen atoms in total. The lowest BCUT2D eigenvalue weighted by atomic mass is 9.89. The molecule has 0 atom stereocenters. The molecule has 692 valence electrons. The zero-order valence-electron chi connectivity index (χ0n) is 80.7. The van der Waals surface area contributed by atoms with E-state index >= 15 is 0 Å². The van der Waals surface area contributed by atoms with Crippen molar-refractivity contribution in [3.05, 3.63) is 558 Å². The Kier molecular flexibility index (Phi) is 21.2. The van der Waals surface area contributed by atoms with Gasteiger partial charge in [-0.05, 0) is 256 Å². The molecule has 0 fully saturated rings. The first-order chi connectivity index (χ1) is 73.4. The van der Waals surface area contributed by atoms with Gasteiger partial charge in [0.15, 0.2) is 0 Å². The number of furan rings is 2. The second-order valence-corrected chi connectivity index (χ2v) is 38.4. The maximum Gasteiger partial charge on any atom is 0.143 e. The highest BCUT2D eigenvalue weighted by atomic mass is 16.3. The van der Waals surface area contributed by atoms with Crippen LogP contribution in [0.25, 0.3) is 243 Å². The molecule has 0 amide bonds. The minimum absolute atomic E-state index is 0.851. The van der Waals surface area contributed by atoms with Gasteiger partial charge < -0.3 is 27.8 Å². The molecule has 0 saturated carbocycles. The molecule has 0 saturated heterocycles. The second kappa shape index (κ2) is 36.4. The van der Waals surface area contributed by atoms with Crippen molar-refractivity contribution in [3.63, 3.8) is 0 Å². The van der Waals surface area contributed by atoms with Crippen molar-refractivity contribution in [2.24, 2.45) is 0 Å². The van der Waals surface area contributed by atoms with Crippen LogP contribution in [0.1, 0.15) is 0 Å². The summed E-state index contributed by atoms with van der Waals surface area (Å²) < 4.78 is 18.3. The molecule has 0 aliphatic heterocycles. The molecular weight excluding hydrogens is 1790 g/mol. The Hall–Kier alpha value is -19.7. The Morgan fingerprint density at radius 2 is 0.372 bits per heavy atom. The van der Waals surface area contributed by atoms with Crippen LogP contribution in [-0.4, -0.2) is 9.13 Å². The monoisotopic (exact) mass is 1880 g/mol. The maximum absolute atomic E-state index is 6.96. The molecule has 28 rings (SSSR count). The summed E-state index contributed by atoms with van der Waals surface area (Å²) in [5, 5.41) is 11.7. The molecule has 0 N–H and O–H groups in total. The Labute approximate surface area is 857 Å². The largest absolute Gasteiger partial charge is 0.455 e. The number of benzene rings is 24. The Morgan fingerprint density at radius 3 is 0.757 bits per heavy atom. The number of rotatable bonds is 20. The highest BCUT2D eigenvalue weighted by molar-refractivity contribution is 6.16. The van der Waals surface area contributed by atoms with Crippen molar-refractivity contribution in [1.82, 2.24) is 9.13 Å². The smallest absolute Gasteiger partial charge is 0.143 e. The summed E-state index contributed by atoms with van der Waals surface area (Å²) in [5.74, 6) is 0. The van der Waals surface area contributed by atoms with Crippen molar-refractivity contribution in [3.8, 4) is 145 Å². The number of aromatic nitrogens is 2. The van der Waals surface area contributed by atoms with Gasteiger partial charge >= 0.3 is 0 Å². The summed E-state index contributed by atoms with van der Waals surface area (Å²) in [6.07, 6.45) is 0. The molecule has 6 heteroatoms. The second-order valence-electron chi connectivity index (χ2n) is 38.4. The number of anilines is 6. The lowest BCUT2D eigenvalue weighted by Gasteiger charge is -2.26. The number of fused-ring (bicyclic) bond motifs is 13. The molecule has 0 spiro atoms. The zero-order valence-corrected chi connectivity index (χ0v) is 80.7. The van der Waals surface area contributed by atoms with E-state index in [9.17, 15) is 0 Å². The Morgan fingerprint density at radius 1 is 0.128 bits per heavy atom. The summed E-state index contributed by atoms with van der Waals surface area (Å²) in [4.78, 5) is 4.76. The molecule has 4 aromatic heterocycles. The quantitative estimate of drug-likeness (QED) is 0.0763. The topological polar surface area (TPSA) is 42.6 Å². The van der Waals surface area contributed by atoms with Gasteiger partial charge in [0.2, 0.25) is 0 Å². The van der Waals surface area contributed by atoms with Crippen molar-refractivity contribution in [1.29, 1.82) is 0 Å². The third kappa shape index (κ3) is 15.1. The standard InChI is InChI=1S/C142H92N4O2/c1-2-27-93(28-3-1)94-53-55-95(56-54-94)98-65-77-107(78-66-98)143(110-83-71-101(72-84-110)113-29-4-6-33-120(113)122-35-10-18-45-133(122)145-135-47-20-12-37-124(135)125-38-13-21-48-136(125)145)108-79-69-100(70-80-108)97-59-63-105(64-60-97)131-91-106(92-132-129-42-17-25-52-140(129)148-142(131)132)116-90-89-115(118-31-8-9-32-119(116)118)103-75-87-112(88-76-103)144(109-81-67-99(68-82-109)96-57-61-104(62-58-96)117-43-26-44-130-128-41-16-24-51-139(128)147-141(117)130)111-85-73-102(74-86-111)114-30-5-7-34-121(114)123-36-11-19-46-134(123)146-137-49-22-14-39-126(137)127-40-15-23-50-138(127)146/h1-92H. The first kappa shape index (κ1) is 86.2. The van der Waals surface area contributed by atoms with E-state index in [-0.39, 0.29) is 0 Å². The minimum atomic E-state index is 0.851. The van der Waals surface area contributed by atoms with Gasteiger partial charge in [-0.25, -0.2) is 0 Å². The summed E-state index contributed by atoms with van der Waals surface area (Å²) in [7, 11) is 0. The van der Waals surface area contributed by atoms with E-state index in [1.807, 2.05) is 12.1 Å². The average Bonchev–Trinajstić information content (AvgIpc) is 1.58. The van der Waals surface area contributed by atoms with E-state index in [4.69, 9.17) is 8.83 Å². The van der Waals surface area contributed by atoms with Crippen LogP contribution in [0.4, 0.5) is 34.1 Å². The Bertz CT molecular complexity index is 9870. The van der Waals surface area contributed by atoms with Crippen LogP contribution < -0.4 is 9.80 Å². The highest BCUT2D eigenvalue weighted by Crippen LogP contribution is 2.50. The average molecular weight is 1890 g/mol. The van der Waals surface area contributed by atoms with Crippen LogP contribution in [0.5, 0.6) is 0 Å². The predicted molar refractivity (Wildman–Crippen MR) is 622 cm³/mol. The van der Waals surface area contributed by atoms with Crippen LogP contribution in [0, 0.1) is 0 Å². The van der Waals surface area contributed by atoms with Gasteiger partial charge in [-0.2, -0.15) is 0 Å².